The average molecular weight is 592 g/mol. The summed E-state index contributed by atoms with van der Waals surface area (Å²) in [5, 5.41) is 2.23. The summed E-state index contributed by atoms with van der Waals surface area (Å²) in [6.45, 7) is 4.52. The van der Waals surface area contributed by atoms with E-state index in [4.69, 9.17) is 16.3 Å². The van der Waals surface area contributed by atoms with Gasteiger partial charge in [-0.05, 0) is 55.7 Å². The van der Waals surface area contributed by atoms with Crippen molar-refractivity contribution >= 4 is 39.1 Å². The lowest BCUT2D eigenvalue weighted by molar-refractivity contribution is -0.140. The van der Waals surface area contributed by atoms with Gasteiger partial charge in [-0.3, -0.25) is 13.9 Å². The van der Waals surface area contributed by atoms with E-state index in [-0.39, 0.29) is 24.7 Å². The first-order valence-corrected chi connectivity index (χ1v) is 14.4. The molecule has 0 heterocycles. The van der Waals surface area contributed by atoms with Crippen molar-refractivity contribution in [2.24, 2.45) is 0 Å². The number of sulfonamides is 1. The fourth-order valence-electron chi connectivity index (χ4n) is 3.79. The van der Waals surface area contributed by atoms with Gasteiger partial charge in [-0.25, -0.2) is 8.42 Å². The molecule has 2 rings (SSSR count). The van der Waals surface area contributed by atoms with Crippen LogP contribution in [-0.2, 0) is 32.3 Å². The van der Waals surface area contributed by atoms with Crippen LogP contribution < -0.4 is 14.4 Å². The Morgan fingerprint density at radius 2 is 1.69 bits per heavy atom. The number of hydrogen-bond donors (Lipinski definition) is 1. The number of nitrogens with zero attached hydrogens (tertiary/aromatic N) is 2. The molecule has 0 saturated carbocycles. The predicted molar refractivity (Wildman–Crippen MR) is 144 cm³/mol. The van der Waals surface area contributed by atoms with Crippen LogP contribution >= 0.6 is 11.6 Å². The summed E-state index contributed by atoms with van der Waals surface area (Å²) in [6, 6.07) is 8.19. The van der Waals surface area contributed by atoms with Crippen molar-refractivity contribution in [2.45, 2.75) is 58.4 Å². The average Bonchev–Trinajstić information content (AvgIpc) is 2.86. The van der Waals surface area contributed by atoms with Crippen molar-refractivity contribution in [3.05, 3.63) is 58.6 Å². The number of halogens is 4. The molecule has 2 atom stereocenters. The molecular formula is C26H33ClF3N3O5S. The summed E-state index contributed by atoms with van der Waals surface area (Å²) < 4.78 is 71.5. The molecule has 2 amide bonds. The number of benzene rings is 2. The summed E-state index contributed by atoms with van der Waals surface area (Å²) in [5.41, 5.74) is -0.989. The molecule has 0 saturated heterocycles. The molecular weight excluding hydrogens is 559 g/mol. The fraction of sp³-hybridized carbons (Fsp3) is 0.462. The maximum absolute atomic E-state index is 13.7. The highest BCUT2D eigenvalue weighted by molar-refractivity contribution is 7.92. The number of amides is 2. The first kappa shape index (κ1) is 32.2. The number of carbonyl (C=O) groups excluding carboxylic acids is 2. The van der Waals surface area contributed by atoms with E-state index >= 15 is 0 Å². The molecule has 8 nitrogen and oxygen atoms in total. The molecule has 2 aromatic carbocycles. The third kappa shape index (κ3) is 8.76. The second kappa shape index (κ2) is 13.4. The molecule has 0 unspecified atom stereocenters. The van der Waals surface area contributed by atoms with Gasteiger partial charge in [-0.15, -0.1) is 0 Å². The maximum Gasteiger partial charge on any atom is 0.417 e. The van der Waals surface area contributed by atoms with Gasteiger partial charge in [-0.1, -0.05) is 37.6 Å². The lowest BCUT2D eigenvalue weighted by Gasteiger charge is -2.33. The van der Waals surface area contributed by atoms with Gasteiger partial charge in [0.05, 0.1) is 29.6 Å². The van der Waals surface area contributed by atoms with Crippen LogP contribution in [0, 0.1) is 0 Å². The molecule has 0 aliphatic rings. The van der Waals surface area contributed by atoms with Gasteiger partial charge in [-0.2, -0.15) is 13.2 Å². The van der Waals surface area contributed by atoms with E-state index in [2.05, 4.69) is 5.32 Å². The van der Waals surface area contributed by atoms with Gasteiger partial charge in [0, 0.05) is 12.6 Å². The standard InChI is InChI=1S/C26H33ClF3N3O5S/c1-6-17(3)31-25(35)23(7-2)32(15-18-8-11-20(38-4)12-9-18)24(34)16-33(39(5,36)37)19-10-13-22(27)21(14-19)26(28,29)30/h8-14,17,23H,6-7,15-16H2,1-5H3,(H,31,35)/t17-,23-/m1/s1. The van der Waals surface area contributed by atoms with E-state index in [1.807, 2.05) is 13.8 Å². The largest absolute Gasteiger partial charge is 0.497 e. The highest BCUT2D eigenvalue weighted by atomic mass is 35.5. The van der Waals surface area contributed by atoms with E-state index in [9.17, 15) is 31.2 Å². The van der Waals surface area contributed by atoms with Crippen LogP contribution in [0.1, 0.15) is 44.7 Å². The second-order valence-corrected chi connectivity index (χ2v) is 11.4. The van der Waals surface area contributed by atoms with Crippen molar-refractivity contribution in [2.75, 3.05) is 24.2 Å². The highest BCUT2D eigenvalue weighted by Gasteiger charge is 2.36. The normalized spacial score (nSPS) is 13.4. The zero-order chi connectivity index (χ0) is 29.5. The van der Waals surface area contributed by atoms with Crippen molar-refractivity contribution in [1.29, 1.82) is 0 Å². The van der Waals surface area contributed by atoms with Crippen molar-refractivity contribution in [3.8, 4) is 5.75 Å². The van der Waals surface area contributed by atoms with Gasteiger partial charge in [0.1, 0.15) is 18.3 Å². The second-order valence-electron chi connectivity index (χ2n) is 9.04. The Kier molecular flexibility index (Phi) is 11.1. The smallest absolute Gasteiger partial charge is 0.417 e. The predicted octanol–water partition coefficient (Wildman–Crippen LogP) is 4.86. The van der Waals surface area contributed by atoms with E-state index in [1.165, 1.54) is 12.0 Å². The number of ether oxygens (including phenoxy) is 1. The molecule has 2 aromatic rings. The van der Waals surface area contributed by atoms with Crippen LogP contribution in [0.15, 0.2) is 42.5 Å². The van der Waals surface area contributed by atoms with Gasteiger partial charge in [0.15, 0.2) is 0 Å². The number of hydrogen-bond acceptors (Lipinski definition) is 5. The third-order valence-electron chi connectivity index (χ3n) is 6.12. The summed E-state index contributed by atoms with van der Waals surface area (Å²) in [6.07, 6.45) is -3.21. The van der Waals surface area contributed by atoms with Gasteiger partial charge in [0.2, 0.25) is 21.8 Å². The van der Waals surface area contributed by atoms with Crippen LogP contribution in [-0.4, -0.2) is 57.1 Å². The third-order valence-corrected chi connectivity index (χ3v) is 7.59. The minimum absolute atomic E-state index is 0.0543. The lowest BCUT2D eigenvalue weighted by atomic mass is 10.1. The SMILES string of the molecule is CC[C@@H](C)NC(=O)[C@@H](CC)N(Cc1ccc(OC)cc1)C(=O)CN(c1ccc(Cl)c(C(F)(F)F)c1)S(C)(=O)=O. The summed E-state index contributed by atoms with van der Waals surface area (Å²) in [5.74, 6) is -0.624. The monoisotopic (exact) mass is 591 g/mol. The first-order chi connectivity index (χ1) is 18.1. The summed E-state index contributed by atoms with van der Waals surface area (Å²) in [7, 11) is -2.72. The van der Waals surface area contributed by atoms with E-state index in [1.54, 1.807) is 31.2 Å². The molecule has 0 aliphatic carbocycles. The Morgan fingerprint density at radius 3 is 2.18 bits per heavy atom. The number of methoxy groups -OCH3 is 1. The molecule has 0 radical (unpaired) electrons. The minimum Gasteiger partial charge on any atom is -0.497 e. The molecule has 0 spiro atoms. The Balaban J connectivity index is 2.52. The van der Waals surface area contributed by atoms with Gasteiger partial charge >= 0.3 is 6.18 Å². The van der Waals surface area contributed by atoms with Crippen LogP contribution in [0.3, 0.4) is 0 Å². The Morgan fingerprint density at radius 1 is 1.08 bits per heavy atom. The number of nitrogens with one attached hydrogen (secondary N) is 1. The van der Waals surface area contributed by atoms with Crippen molar-refractivity contribution in [1.82, 2.24) is 10.2 Å². The van der Waals surface area contributed by atoms with Crippen molar-refractivity contribution < 1.29 is 35.9 Å². The number of anilines is 1. The molecule has 1 N–H and O–H groups in total. The van der Waals surface area contributed by atoms with E-state index < -0.39 is 51.2 Å². The first-order valence-electron chi connectivity index (χ1n) is 12.2. The number of carbonyl (C=O) groups is 2. The number of rotatable bonds is 12. The number of alkyl halides is 3. The molecule has 216 valence electrons. The zero-order valence-corrected chi connectivity index (χ0v) is 24.0. The topological polar surface area (TPSA) is 96.0 Å². The molecule has 39 heavy (non-hydrogen) atoms. The highest BCUT2D eigenvalue weighted by Crippen LogP contribution is 2.37. The summed E-state index contributed by atoms with van der Waals surface area (Å²) >= 11 is 5.70. The zero-order valence-electron chi connectivity index (χ0n) is 22.4. The van der Waals surface area contributed by atoms with Crippen molar-refractivity contribution in [3.63, 3.8) is 0 Å². The molecule has 0 aliphatic heterocycles. The van der Waals surface area contributed by atoms with Crippen LogP contribution in [0.5, 0.6) is 5.75 Å². The van der Waals surface area contributed by atoms with E-state index in [0.29, 0.717) is 28.1 Å². The van der Waals surface area contributed by atoms with Crippen LogP contribution in [0.2, 0.25) is 5.02 Å². The molecule has 13 heteroatoms. The maximum atomic E-state index is 13.7. The van der Waals surface area contributed by atoms with E-state index in [0.717, 1.165) is 18.4 Å². The Bertz CT molecular complexity index is 1260. The Labute approximate surface area is 232 Å². The minimum atomic E-state index is -4.85. The van der Waals surface area contributed by atoms with Crippen LogP contribution in [0.25, 0.3) is 0 Å². The molecule has 0 aromatic heterocycles. The Hall–Kier alpha value is -2.99. The quantitative estimate of drug-likeness (QED) is 0.380. The van der Waals surface area contributed by atoms with Gasteiger partial charge in [0.25, 0.3) is 0 Å². The van der Waals surface area contributed by atoms with Gasteiger partial charge < -0.3 is 15.0 Å². The summed E-state index contributed by atoms with van der Waals surface area (Å²) in [4.78, 5) is 28.0. The molecule has 0 bridgehead atoms. The lowest BCUT2D eigenvalue weighted by Crippen LogP contribution is -2.53. The molecule has 0 fully saturated rings. The van der Waals surface area contributed by atoms with Crippen LogP contribution in [0.4, 0.5) is 18.9 Å². The fourth-order valence-corrected chi connectivity index (χ4v) is 4.85.